The van der Waals surface area contributed by atoms with Gasteiger partial charge in [0.1, 0.15) is 5.56 Å². The summed E-state index contributed by atoms with van der Waals surface area (Å²) in [5.41, 5.74) is 4.40. The Morgan fingerprint density at radius 2 is 1.60 bits per heavy atom. The zero-order valence-electron chi connectivity index (χ0n) is 13.0. The maximum atomic E-state index is 5.57. The van der Waals surface area contributed by atoms with Crippen LogP contribution < -0.4 is 9.47 Å². The maximum Gasteiger partial charge on any atom is 0.244 e. The first kappa shape index (κ1) is 14.4. The number of hydrogen-bond donors (Lipinski definition) is 0. The van der Waals surface area contributed by atoms with Crippen LogP contribution in [0.1, 0.15) is 31.0 Å². The highest BCUT2D eigenvalue weighted by Gasteiger charge is 2.22. The second-order valence-electron chi connectivity index (χ2n) is 5.31. The molecule has 1 heterocycles. The van der Waals surface area contributed by atoms with E-state index in [9.17, 15) is 0 Å². The summed E-state index contributed by atoms with van der Waals surface area (Å²) in [6.45, 7) is 8.31. The van der Waals surface area contributed by atoms with Crippen LogP contribution in [0.2, 0.25) is 0 Å². The van der Waals surface area contributed by atoms with Crippen molar-refractivity contribution in [2.45, 2.75) is 33.7 Å². The fraction of sp³-hybridized carbons (Fsp3) is 0.438. The van der Waals surface area contributed by atoms with Crippen molar-refractivity contribution in [3.05, 3.63) is 29.3 Å². The quantitative estimate of drug-likeness (QED) is 0.851. The third-order valence-electron chi connectivity index (χ3n) is 3.22. The molecule has 0 bridgehead atoms. The van der Waals surface area contributed by atoms with E-state index in [1.807, 2.05) is 4.68 Å². The largest absolute Gasteiger partial charge is 0.481 e. The highest BCUT2D eigenvalue weighted by Crippen LogP contribution is 2.40. The van der Waals surface area contributed by atoms with Gasteiger partial charge in [-0.25, -0.2) is 4.68 Å². The van der Waals surface area contributed by atoms with Gasteiger partial charge in [0.05, 0.1) is 20.3 Å². The third-order valence-corrected chi connectivity index (χ3v) is 3.22. The van der Waals surface area contributed by atoms with Gasteiger partial charge < -0.3 is 9.47 Å². The summed E-state index contributed by atoms with van der Waals surface area (Å²) in [4.78, 5) is 0. The van der Waals surface area contributed by atoms with Crippen molar-refractivity contribution in [3.8, 4) is 22.9 Å². The molecule has 0 N–H and O–H groups in total. The van der Waals surface area contributed by atoms with E-state index in [2.05, 4.69) is 51.0 Å². The fourth-order valence-corrected chi connectivity index (χ4v) is 2.45. The van der Waals surface area contributed by atoms with Gasteiger partial charge in [-0.1, -0.05) is 29.3 Å². The minimum atomic E-state index is 0.207. The molecule has 0 aliphatic carbocycles. The molecule has 20 heavy (non-hydrogen) atoms. The van der Waals surface area contributed by atoms with Gasteiger partial charge in [0, 0.05) is 0 Å². The number of rotatable bonds is 4. The molecule has 0 fully saturated rings. The molecule has 0 unspecified atom stereocenters. The van der Waals surface area contributed by atoms with E-state index >= 15 is 0 Å². The highest BCUT2D eigenvalue weighted by molar-refractivity contribution is 5.75. The first-order valence-corrected chi connectivity index (χ1v) is 6.77. The maximum absolute atomic E-state index is 5.57. The molecule has 108 valence electrons. The van der Waals surface area contributed by atoms with Gasteiger partial charge in [-0.15, -0.1) is 5.10 Å². The van der Waals surface area contributed by atoms with Crippen LogP contribution in [0.25, 0.3) is 11.1 Å². The fourth-order valence-electron chi connectivity index (χ4n) is 2.45. The number of nitrogens with zero attached hydrogens (tertiary/aromatic N) is 2. The normalized spacial score (nSPS) is 10.9. The molecule has 0 aliphatic rings. The third kappa shape index (κ3) is 2.50. The van der Waals surface area contributed by atoms with E-state index in [4.69, 9.17) is 9.47 Å². The molecule has 0 amide bonds. The van der Waals surface area contributed by atoms with Crippen LogP contribution in [-0.4, -0.2) is 24.0 Å². The van der Waals surface area contributed by atoms with Crippen LogP contribution in [0.4, 0.5) is 0 Å². The molecule has 0 atom stereocenters. The zero-order valence-corrected chi connectivity index (χ0v) is 13.0. The predicted octanol–water partition coefficient (Wildman–Crippen LogP) is 3.77. The monoisotopic (exact) mass is 274 g/mol. The number of aromatic nitrogens is 2. The Morgan fingerprint density at radius 3 is 2.05 bits per heavy atom. The Kier molecular flexibility index (Phi) is 4.02. The molecule has 2 aromatic rings. The Hall–Kier alpha value is -1.97. The lowest BCUT2D eigenvalue weighted by Gasteiger charge is -2.11. The van der Waals surface area contributed by atoms with E-state index in [1.54, 1.807) is 14.2 Å². The van der Waals surface area contributed by atoms with Crippen molar-refractivity contribution in [3.63, 3.8) is 0 Å². The number of ether oxygens (including phenoxy) is 2. The lowest BCUT2D eigenvalue weighted by atomic mass is 10.0. The van der Waals surface area contributed by atoms with Crippen LogP contribution in [0.3, 0.4) is 0 Å². The summed E-state index contributed by atoms with van der Waals surface area (Å²) in [5.74, 6) is 1.34. The van der Waals surface area contributed by atoms with Gasteiger partial charge in [-0.2, -0.15) is 0 Å². The SMILES string of the molecule is COc1nn(C(C)C)c(OC)c1-c1cc(C)cc(C)c1. The summed E-state index contributed by atoms with van der Waals surface area (Å²) < 4.78 is 12.9. The number of aryl methyl sites for hydroxylation is 2. The zero-order chi connectivity index (χ0) is 14.9. The van der Waals surface area contributed by atoms with Crippen LogP contribution in [0, 0.1) is 13.8 Å². The average molecular weight is 274 g/mol. The molecule has 1 aromatic carbocycles. The first-order valence-electron chi connectivity index (χ1n) is 6.77. The number of methoxy groups -OCH3 is 2. The average Bonchev–Trinajstić information content (AvgIpc) is 2.76. The molecule has 2 rings (SSSR count). The Labute approximate surface area is 120 Å². The highest BCUT2D eigenvalue weighted by atomic mass is 16.5. The van der Waals surface area contributed by atoms with E-state index in [-0.39, 0.29) is 6.04 Å². The summed E-state index contributed by atoms with van der Waals surface area (Å²) in [6.07, 6.45) is 0. The van der Waals surface area contributed by atoms with Gasteiger partial charge in [0.2, 0.25) is 11.8 Å². The van der Waals surface area contributed by atoms with E-state index < -0.39 is 0 Å². The summed E-state index contributed by atoms with van der Waals surface area (Å²) >= 11 is 0. The standard InChI is InChI=1S/C16H22N2O2/c1-10(2)18-16(20-6)14(15(17-18)19-5)13-8-11(3)7-12(4)9-13/h7-10H,1-6H3. The van der Waals surface area contributed by atoms with Crippen LogP contribution in [-0.2, 0) is 0 Å². The first-order chi connectivity index (χ1) is 9.47. The molecular weight excluding hydrogens is 252 g/mol. The molecule has 0 radical (unpaired) electrons. The molecular formula is C16H22N2O2. The summed E-state index contributed by atoms with van der Waals surface area (Å²) in [6, 6.07) is 6.60. The lowest BCUT2D eigenvalue weighted by molar-refractivity contribution is 0.340. The van der Waals surface area contributed by atoms with Crippen molar-refractivity contribution in [1.82, 2.24) is 9.78 Å². The minimum Gasteiger partial charge on any atom is -0.481 e. The molecule has 4 nitrogen and oxygen atoms in total. The van der Waals surface area contributed by atoms with Crippen molar-refractivity contribution in [2.75, 3.05) is 14.2 Å². The van der Waals surface area contributed by atoms with Crippen molar-refractivity contribution >= 4 is 0 Å². The molecule has 0 saturated heterocycles. The van der Waals surface area contributed by atoms with E-state index in [1.165, 1.54) is 11.1 Å². The van der Waals surface area contributed by atoms with Gasteiger partial charge in [-0.05, 0) is 33.3 Å². The van der Waals surface area contributed by atoms with E-state index in [0.29, 0.717) is 5.88 Å². The minimum absolute atomic E-state index is 0.207. The predicted molar refractivity (Wildman–Crippen MR) is 80.6 cm³/mol. The number of hydrogen-bond acceptors (Lipinski definition) is 3. The van der Waals surface area contributed by atoms with Gasteiger partial charge in [-0.3, -0.25) is 0 Å². The molecule has 4 heteroatoms. The van der Waals surface area contributed by atoms with Crippen LogP contribution in [0.5, 0.6) is 11.8 Å². The molecule has 0 spiro atoms. The molecule has 0 saturated carbocycles. The van der Waals surface area contributed by atoms with Gasteiger partial charge >= 0.3 is 0 Å². The summed E-state index contributed by atoms with van der Waals surface area (Å²) in [5, 5.41) is 4.50. The van der Waals surface area contributed by atoms with E-state index in [0.717, 1.165) is 17.0 Å². The Morgan fingerprint density at radius 1 is 1.00 bits per heavy atom. The Bertz CT molecular complexity index is 595. The second-order valence-corrected chi connectivity index (χ2v) is 5.31. The lowest BCUT2D eigenvalue weighted by Crippen LogP contribution is -2.05. The van der Waals surface area contributed by atoms with Crippen LogP contribution >= 0.6 is 0 Å². The molecule has 0 aliphatic heterocycles. The molecule has 1 aromatic heterocycles. The topological polar surface area (TPSA) is 36.3 Å². The second kappa shape index (κ2) is 5.57. The van der Waals surface area contributed by atoms with Crippen molar-refractivity contribution in [2.24, 2.45) is 0 Å². The Balaban J connectivity index is 2.71. The summed E-state index contributed by atoms with van der Waals surface area (Å²) in [7, 11) is 3.31. The van der Waals surface area contributed by atoms with Crippen molar-refractivity contribution < 1.29 is 9.47 Å². The number of benzene rings is 1. The van der Waals surface area contributed by atoms with Crippen LogP contribution in [0.15, 0.2) is 18.2 Å². The van der Waals surface area contributed by atoms with Gasteiger partial charge in [0.25, 0.3) is 0 Å². The van der Waals surface area contributed by atoms with Crippen molar-refractivity contribution in [1.29, 1.82) is 0 Å². The van der Waals surface area contributed by atoms with Gasteiger partial charge in [0.15, 0.2) is 0 Å². The smallest absolute Gasteiger partial charge is 0.244 e.